The van der Waals surface area contributed by atoms with Crippen molar-refractivity contribution in [1.82, 2.24) is 5.32 Å². The molecule has 0 aliphatic carbocycles. The molecular weight excluding hydrogens is 265 g/mol. The molecule has 2 rings (SSSR count). The van der Waals surface area contributed by atoms with Crippen LogP contribution in [-0.4, -0.2) is 13.2 Å². The number of ether oxygens (including phenoxy) is 1. The molecule has 0 amide bonds. The van der Waals surface area contributed by atoms with E-state index in [-0.39, 0.29) is 10.8 Å². The summed E-state index contributed by atoms with van der Waals surface area (Å²) in [5.41, 5.74) is 0.751. The highest BCUT2D eigenvalue weighted by atomic mass is 35.5. The first kappa shape index (κ1) is 13.8. The van der Waals surface area contributed by atoms with Gasteiger partial charge in [0, 0.05) is 13.1 Å². The topological polar surface area (TPSA) is 21.3 Å². The number of para-hydroxylation sites is 1. The van der Waals surface area contributed by atoms with E-state index in [1.54, 1.807) is 12.1 Å². The van der Waals surface area contributed by atoms with Gasteiger partial charge in [-0.2, -0.15) is 0 Å². The summed E-state index contributed by atoms with van der Waals surface area (Å²) < 4.78 is 18.7. The van der Waals surface area contributed by atoms with Gasteiger partial charge in [-0.25, -0.2) is 4.39 Å². The van der Waals surface area contributed by atoms with Crippen LogP contribution in [0.15, 0.2) is 48.5 Å². The number of hydrogen-bond acceptors (Lipinski definition) is 2. The maximum absolute atomic E-state index is 13.2. The fourth-order valence-electron chi connectivity index (χ4n) is 1.67. The zero-order valence-electron chi connectivity index (χ0n) is 10.4. The smallest absolute Gasteiger partial charge is 0.142 e. The highest BCUT2D eigenvalue weighted by molar-refractivity contribution is 6.31. The molecule has 0 fully saturated rings. The normalized spacial score (nSPS) is 10.4. The molecule has 2 nitrogen and oxygen atoms in total. The van der Waals surface area contributed by atoms with Crippen LogP contribution in [0.25, 0.3) is 0 Å². The second-order valence-electron chi connectivity index (χ2n) is 4.05. The van der Waals surface area contributed by atoms with Crippen LogP contribution in [0.1, 0.15) is 5.56 Å². The Kier molecular flexibility index (Phi) is 5.19. The zero-order chi connectivity index (χ0) is 13.5. The number of benzene rings is 2. The summed E-state index contributed by atoms with van der Waals surface area (Å²) in [6.45, 7) is 1.74. The van der Waals surface area contributed by atoms with Crippen molar-refractivity contribution in [2.24, 2.45) is 0 Å². The largest absolute Gasteiger partial charge is 0.492 e. The number of nitrogens with one attached hydrogen (secondary N) is 1. The van der Waals surface area contributed by atoms with Crippen LogP contribution in [0.5, 0.6) is 5.75 Å². The van der Waals surface area contributed by atoms with Gasteiger partial charge in [0.2, 0.25) is 0 Å². The molecule has 0 unspecified atom stereocenters. The molecule has 1 N–H and O–H groups in total. The van der Waals surface area contributed by atoms with Gasteiger partial charge in [-0.1, -0.05) is 41.9 Å². The van der Waals surface area contributed by atoms with Gasteiger partial charge in [-0.3, -0.25) is 0 Å². The van der Waals surface area contributed by atoms with Gasteiger partial charge in [0.1, 0.15) is 18.2 Å². The summed E-state index contributed by atoms with van der Waals surface area (Å²) in [5, 5.41) is 3.34. The minimum Gasteiger partial charge on any atom is -0.492 e. The van der Waals surface area contributed by atoms with Gasteiger partial charge in [-0.05, 0) is 23.8 Å². The molecule has 0 aliphatic rings. The van der Waals surface area contributed by atoms with Gasteiger partial charge in [0.25, 0.3) is 0 Å². The van der Waals surface area contributed by atoms with Crippen LogP contribution in [0.2, 0.25) is 5.02 Å². The van der Waals surface area contributed by atoms with E-state index in [4.69, 9.17) is 16.3 Å². The van der Waals surface area contributed by atoms with E-state index in [1.807, 2.05) is 30.3 Å². The van der Waals surface area contributed by atoms with Crippen molar-refractivity contribution in [3.05, 3.63) is 64.9 Å². The SMILES string of the molecule is Fc1cccc(CNCCOc2ccccc2)c1Cl. The van der Waals surface area contributed by atoms with Crippen LogP contribution >= 0.6 is 11.6 Å². The summed E-state index contributed by atoms with van der Waals surface area (Å²) in [4.78, 5) is 0. The Labute approximate surface area is 117 Å². The molecule has 0 radical (unpaired) electrons. The van der Waals surface area contributed by atoms with E-state index in [2.05, 4.69) is 5.32 Å². The van der Waals surface area contributed by atoms with Gasteiger partial charge in [-0.15, -0.1) is 0 Å². The summed E-state index contributed by atoms with van der Waals surface area (Å²) >= 11 is 5.86. The monoisotopic (exact) mass is 279 g/mol. The summed E-state index contributed by atoms with van der Waals surface area (Å²) in [7, 11) is 0. The summed E-state index contributed by atoms with van der Waals surface area (Å²) in [6.07, 6.45) is 0. The first-order valence-electron chi connectivity index (χ1n) is 6.09. The van der Waals surface area contributed by atoms with Crippen molar-refractivity contribution in [2.75, 3.05) is 13.2 Å². The Morgan fingerprint density at radius 2 is 1.84 bits per heavy atom. The lowest BCUT2D eigenvalue weighted by Gasteiger charge is -2.08. The minimum atomic E-state index is -0.387. The Morgan fingerprint density at radius 1 is 1.05 bits per heavy atom. The third kappa shape index (κ3) is 4.23. The molecule has 100 valence electrons. The maximum Gasteiger partial charge on any atom is 0.142 e. The van der Waals surface area contributed by atoms with Crippen LogP contribution in [-0.2, 0) is 6.54 Å². The van der Waals surface area contributed by atoms with Crippen molar-refractivity contribution in [1.29, 1.82) is 0 Å². The van der Waals surface area contributed by atoms with Gasteiger partial charge in [0.05, 0.1) is 5.02 Å². The molecule has 0 aromatic heterocycles. The highest BCUT2D eigenvalue weighted by Gasteiger charge is 2.04. The average molecular weight is 280 g/mol. The Bertz CT molecular complexity index is 519. The number of hydrogen-bond donors (Lipinski definition) is 1. The molecule has 19 heavy (non-hydrogen) atoms. The van der Waals surface area contributed by atoms with Crippen molar-refractivity contribution in [3.63, 3.8) is 0 Å². The Balaban J connectivity index is 1.71. The fourth-order valence-corrected chi connectivity index (χ4v) is 1.86. The van der Waals surface area contributed by atoms with E-state index >= 15 is 0 Å². The molecule has 0 spiro atoms. The first-order chi connectivity index (χ1) is 9.27. The quantitative estimate of drug-likeness (QED) is 0.815. The Morgan fingerprint density at radius 3 is 2.63 bits per heavy atom. The lowest BCUT2D eigenvalue weighted by atomic mass is 10.2. The second-order valence-corrected chi connectivity index (χ2v) is 4.43. The molecule has 0 saturated heterocycles. The Hall–Kier alpha value is -1.58. The second kappa shape index (κ2) is 7.12. The minimum absolute atomic E-state index is 0.180. The molecule has 0 aliphatic heterocycles. The van der Waals surface area contributed by atoms with Crippen molar-refractivity contribution >= 4 is 11.6 Å². The zero-order valence-corrected chi connectivity index (χ0v) is 11.2. The summed E-state index contributed by atoms with van der Waals surface area (Å²) in [6, 6.07) is 14.4. The number of halogens is 2. The summed E-state index contributed by atoms with van der Waals surface area (Å²) in [5.74, 6) is 0.453. The van der Waals surface area contributed by atoms with Crippen molar-refractivity contribution in [2.45, 2.75) is 6.54 Å². The molecule has 4 heteroatoms. The third-order valence-corrected chi connectivity index (χ3v) is 3.06. The van der Waals surface area contributed by atoms with Crippen LogP contribution in [0.4, 0.5) is 4.39 Å². The molecule has 0 saturated carbocycles. The van der Waals surface area contributed by atoms with Crippen LogP contribution < -0.4 is 10.1 Å². The average Bonchev–Trinajstić information content (AvgIpc) is 2.44. The van der Waals surface area contributed by atoms with E-state index < -0.39 is 0 Å². The van der Waals surface area contributed by atoms with E-state index in [0.29, 0.717) is 19.7 Å². The van der Waals surface area contributed by atoms with Crippen LogP contribution in [0.3, 0.4) is 0 Å². The fraction of sp³-hybridized carbons (Fsp3) is 0.200. The molecule has 2 aromatic rings. The first-order valence-corrected chi connectivity index (χ1v) is 6.46. The lowest BCUT2D eigenvalue weighted by Crippen LogP contribution is -2.20. The molecular formula is C15H15ClFNO. The standard InChI is InChI=1S/C15H15ClFNO/c16-15-12(5-4-8-14(15)17)11-18-9-10-19-13-6-2-1-3-7-13/h1-8,18H,9-11H2. The molecule has 0 bridgehead atoms. The molecule has 0 heterocycles. The number of rotatable bonds is 6. The van der Waals surface area contributed by atoms with Crippen molar-refractivity contribution in [3.8, 4) is 5.75 Å². The van der Waals surface area contributed by atoms with E-state index in [9.17, 15) is 4.39 Å². The van der Waals surface area contributed by atoms with Gasteiger partial charge >= 0.3 is 0 Å². The third-order valence-electron chi connectivity index (χ3n) is 2.64. The van der Waals surface area contributed by atoms with E-state index in [1.165, 1.54) is 6.07 Å². The van der Waals surface area contributed by atoms with Crippen LogP contribution in [0, 0.1) is 5.82 Å². The molecule has 0 atom stereocenters. The van der Waals surface area contributed by atoms with Crippen molar-refractivity contribution < 1.29 is 9.13 Å². The predicted octanol–water partition coefficient (Wildman–Crippen LogP) is 3.65. The van der Waals surface area contributed by atoms with Gasteiger partial charge in [0.15, 0.2) is 0 Å². The highest BCUT2D eigenvalue weighted by Crippen LogP contribution is 2.19. The van der Waals surface area contributed by atoms with E-state index in [0.717, 1.165) is 11.3 Å². The lowest BCUT2D eigenvalue weighted by molar-refractivity contribution is 0.313. The molecule has 2 aromatic carbocycles. The maximum atomic E-state index is 13.2. The predicted molar refractivity (Wildman–Crippen MR) is 75.1 cm³/mol. The van der Waals surface area contributed by atoms with Gasteiger partial charge < -0.3 is 10.1 Å².